The molecule has 9 heteroatoms. The molecule has 0 aromatic heterocycles. The number of methoxy groups -OCH3 is 1. The molecule has 0 aliphatic carbocycles. The topological polar surface area (TPSA) is 77.1 Å². The minimum absolute atomic E-state index is 0.0404. The van der Waals surface area contributed by atoms with Gasteiger partial charge in [-0.15, -0.1) is 0 Å². The van der Waals surface area contributed by atoms with E-state index in [1.165, 1.54) is 6.07 Å². The van der Waals surface area contributed by atoms with Crippen LogP contribution in [0.2, 0.25) is 10.0 Å². The van der Waals surface area contributed by atoms with Crippen molar-refractivity contribution in [1.29, 1.82) is 0 Å². The Morgan fingerprint density at radius 3 is 2.53 bits per heavy atom. The van der Waals surface area contributed by atoms with Gasteiger partial charge in [-0.3, -0.25) is 9.59 Å². The van der Waals surface area contributed by atoms with E-state index >= 15 is 0 Å². The van der Waals surface area contributed by atoms with Gasteiger partial charge in [-0.2, -0.15) is 0 Å². The summed E-state index contributed by atoms with van der Waals surface area (Å²) in [5, 5.41) is 3.48. The Kier molecular flexibility index (Phi) is 7.45. The number of carbonyl (C=O) groups excluding carboxylic acids is 2. The molecule has 176 valence electrons. The van der Waals surface area contributed by atoms with E-state index in [0.717, 1.165) is 11.5 Å². The van der Waals surface area contributed by atoms with Crippen LogP contribution in [0.25, 0.3) is 0 Å². The summed E-state index contributed by atoms with van der Waals surface area (Å²) in [6.07, 6.45) is 0.608. The van der Waals surface area contributed by atoms with E-state index in [-0.39, 0.29) is 18.4 Å². The van der Waals surface area contributed by atoms with Gasteiger partial charge >= 0.3 is 0 Å². The zero-order chi connectivity index (χ0) is 24.1. The van der Waals surface area contributed by atoms with Crippen molar-refractivity contribution in [2.24, 2.45) is 0 Å². The van der Waals surface area contributed by atoms with Crippen LogP contribution >= 0.6 is 23.2 Å². The molecule has 0 bridgehead atoms. The molecule has 0 radical (unpaired) electrons. The zero-order valence-corrected chi connectivity index (χ0v) is 19.9. The number of benzene rings is 3. The Morgan fingerprint density at radius 1 is 1.03 bits per heavy atom. The molecule has 3 aromatic carbocycles. The monoisotopic (exact) mass is 500 g/mol. The van der Waals surface area contributed by atoms with Crippen LogP contribution in [-0.2, 0) is 4.79 Å². The van der Waals surface area contributed by atoms with Gasteiger partial charge in [-0.1, -0.05) is 23.2 Å². The molecule has 0 unspecified atom stereocenters. The van der Waals surface area contributed by atoms with Crippen molar-refractivity contribution >= 4 is 46.4 Å². The third kappa shape index (κ3) is 5.55. The van der Waals surface area contributed by atoms with Crippen molar-refractivity contribution in [1.82, 2.24) is 0 Å². The maximum atomic E-state index is 12.6. The maximum Gasteiger partial charge on any atom is 0.265 e. The zero-order valence-electron chi connectivity index (χ0n) is 18.3. The molecule has 1 aliphatic heterocycles. The lowest BCUT2D eigenvalue weighted by Gasteiger charge is -2.30. The molecule has 3 aromatic rings. The van der Waals surface area contributed by atoms with Crippen LogP contribution in [0.1, 0.15) is 16.8 Å². The van der Waals surface area contributed by atoms with E-state index in [0.29, 0.717) is 52.3 Å². The van der Waals surface area contributed by atoms with Crippen LogP contribution in [0.4, 0.5) is 11.4 Å². The Morgan fingerprint density at radius 2 is 1.79 bits per heavy atom. The second kappa shape index (κ2) is 10.7. The first-order valence-corrected chi connectivity index (χ1v) is 11.3. The third-order valence-electron chi connectivity index (χ3n) is 5.20. The van der Waals surface area contributed by atoms with Crippen molar-refractivity contribution in [2.45, 2.75) is 6.42 Å². The van der Waals surface area contributed by atoms with Gasteiger partial charge in [-0.05, 0) is 67.1 Å². The van der Waals surface area contributed by atoms with Crippen LogP contribution < -0.4 is 24.4 Å². The molecule has 1 N–H and O–H groups in total. The molecule has 0 atom stereocenters. The Hall–Kier alpha value is -3.42. The highest BCUT2D eigenvalue weighted by Crippen LogP contribution is 2.35. The Labute approximate surface area is 207 Å². The molecular formula is C25H22Cl2N2O5. The van der Waals surface area contributed by atoms with E-state index in [9.17, 15) is 9.59 Å². The summed E-state index contributed by atoms with van der Waals surface area (Å²) in [6.45, 7) is 0.830. The number of anilines is 2. The number of fused-ring (bicyclic) bond motifs is 1. The summed E-state index contributed by atoms with van der Waals surface area (Å²) < 4.78 is 16.5. The van der Waals surface area contributed by atoms with Crippen molar-refractivity contribution in [3.63, 3.8) is 0 Å². The first kappa shape index (κ1) is 23.7. The lowest BCUT2D eigenvalue weighted by Crippen LogP contribution is -2.39. The predicted molar refractivity (Wildman–Crippen MR) is 132 cm³/mol. The largest absolute Gasteiger partial charge is 0.497 e. The summed E-state index contributed by atoms with van der Waals surface area (Å²) in [5.41, 5.74) is 1.48. The number of nitrogens with one attached hydrogen (secondary N) is 1. The fourth-order valence-corrected chi connectivity index (χ4v) is 3.75. The van der Waals surface area contributed by atoms with Gasteiger partial charge in [0, 0.05) is 17.8 Å². The van der Waals surface area contributed by atoms with E-state index in [1.54, 1.807) is 42.3 Å². The van der Waals surface area contributed by atoms with Crippen molar-refractivity contribution in [3.8, 4) is 17.2 Å². The number of hydrogen-bond acceptors (Lipinski definition) is 5. The van der Waals surface area contributed by atoms with Crippen LogP contribution in [0.5, 0.6) is 17.2 Å². The van der Waals surface area contributed by atoms with Crippen molar-refractivity contribution in [3.05, 3.63) is 76.3 Å². The SMILES string of the molecule is COc1ccc(OCCCN2C(=O)COc3ccc(NC(=O)c4ccc(Cl)c(Cl)c4)cc32)cc1. The standard InChI is InChI=1S/C25H22Cl2N2O5/c1-32-18-5-7-19(8-6-18)33-12-2-11-29-22-14-17(4-10-23(22)34-15-24(29)30)28-25(31)16-3-9-20(26)21(27)13-16/h3-10,13-14H,2,11-12,15H2,1H3,(H,28,31). The van der Waals surface area contributed by atoms with E-state index < -0.39 is 0 Å². The predicted octanol–water partition coefficient (Wildman–Crippen LogP) is 5.45. The van der Waals surface area contributed by atoms with E-state index in [2.05, 4.69) is 5.32 Å². The molecule has 1 aliphatic rings. The minimum Gasteiger partial charge on any atom is -0.497 e. The van der Waals surface area contributed by atoms with Gasteiger partial charge in [0.1, 0.15) is 17.2 Å². The van der Waals surface area contributed by atoms with Crippen LogP contribution in [0, 0.1) is 0 Å². The Bertz CT molecular complexity index is 1200. The number of nitrogens with zero attached hydrogens (tertiary/aromatic N) is 1. The van der Waals surface area contributed by atoms with Crippen molar-refractivity contribution < 1.29 is 23.8 Å². The summed E-state index contributed by atoms with van der Waals surface area (Å²) in [5.74, 6) is 1.54. The van der Waals surface area contributed by atoms with E-state index in [4.69, 9.17) is 37.4 Å². The average molecular weight is 501 g/mol. The van der Waals surface area contributed by atoms with Gasteiger partial charge in [0.05, 0.1) is 29.4 Å². The average Bonchev–Trinajstić information content (AvgIpc) is 2.85. The molecule has 1 heterocycles. The fourth-order valence-electron chi connectivity index (χ4n) is 3.45. The molecule has 4 rings (SSSR count). The smallest absolute Gasteiger partial charge is 0.265 e. The van der Waals surface area contributed by atoms with E-state index in [1.807, 2.05) is 24.3 Å². The highest BCUT2D eigenvalue weighted by Gasteiger charge is 2.26. The first-order chi connectivity index (χ1) is 16.4. The van der Waals surface area contributed by atoms with Crippen LogP contribution in [0.15, 0.2) is 60.7 Å². The molecule has 0 saturated carbocycles. The molecule has 0 spiro atoms. The number of ether oxygens (including phenoxy) is 3. The van der Waals surface area contributed by atoms with Gasteiger partial charge in [0.2, 0.25) is 0 Å². The number of hydrogen-bond donors (Lipinski definition) is 1. The molecule has 7 nitrogen and oxygen atoms in total. The van der Waals surface area contributed by atoms with Gasteiger partial charge in [-0.25, -0.2) is 0 Å². The summed E-state index contributed by atoms with van der Waals surface area (Å²) >= 11 is 11.9. The summed E-state index contributed by atoms with van der Waals surface area (Å²) in [4.78, 5) is 26.8. The second-order valence-electron chi connectivity index (χ2n) is 7.48. The number of rotatable bonds is 8. The lowest BCUT2D eigenvalue weighted by atomic mass is 10.1. The summed E-state index contributed by atoms with van der Waals surface area (Å²) in [6, 6.07) is 17.1. The second-order valence-corrected chi connectivity index (χ2v) is 8.29. The molecule has 34 heavy (non-hydrogen) atoms. The normalized spacial score (nSPS) is 12.6. The lowest BCUT2D eigenvalue weighted by molar-refractivity contribution is -0.121. The minimum atomic E-state index is -0.346. The number of halogens is 2. The number of carbonyl (C=O) groups is 2. The molecule has 2 amide bonds. The fraction of sp³-hybridized carbons (Fsp3) is 0.200. The summed E-state index contributed by atoms with van der Waals surface area (Å²) in [7, 11) is 1.61. The molecule has 0 saturated heterocycles. The maximum absolute atomic E-state index is 12.6. The first-order valence-electron chi connectivity index (χ1n) is 10.5. The third-order valence-corrected chi connectivity index (χ3v) is 5.93. The Balaban J connectivity index is 1.41. The van der Waals surface area contributed by atoms with Gasteiger partial charge in [0.25, 0.3) is 11.8 Å². The van der Waals surface area contributed by atoms with Crippen molar-refractivity contribution in [2.75, 3.05) is 37.1 Å². The van der Waals surface area contributed by atoms with Gasteiger partial charge in [0.15, 0.2) is 6.61 Å². The molecular weight excluding hydrogens is 479 g/mol. The highest BCUT2D eigenvalue weighted by atomic mass is 35.5. The van der Waals surface area contributed by atoms with Gasteiger partial charge < -0.3 is 24.4 Å². The quantitative estimate of drug-likeness (QED) is 0.416. The molecule has 0 fully saturated rings. The number of amides is 2. The van der Waals surface area contributed by atoms with Crippen LogP contribution in [0.3, 0.4) is 0 Å². The highest BCUT2D eigenvalue weighted by molar-refractivity contribution is 6.42. The van der Waals surface area contributed by atoms with Crippen LogP contribution in [-0.4, -0.2) is 38.7 Å².